The molecule has 0 aromatic carbocycles. The Morgan fingerprint density at radius 1 is 1.43 bits per heavy atom. The lowest BCUT2D eigenvalue weighted by atomic mass is 10.3. The highest BCUT2D eigenvalue weighted by atomic mass is 32.2. The van der Waals surface area contributed by atoms with Gasteiger partial charge in [-0.15, -0.1) is 0 Å². The van der Waals surface area contributed by atoms with Crippen LogP contribution in [0.15, 0.2) is 0 Å². The van der Waals surface area contributed by atoms with Gasteiger partial charge in [-0.1, -0.05) is 13.3 Å². The topological polar surface area (TPSA) is 60.4 Å². The number of hydrogen-bond donors (Lipinski definition) is 0. The van der Waals surface area contributed by atoms with Crippen LogP contribution in [-0.2, 0) is 19.4 Å². The molecule has 0 saturated heterocycles. The van der Waals surface area contributed by atoms with Crippen LogP contribution in [0.25, 0.3) is 0 Å². The lowest BCUT2D eigenvalue weighted by Gasteiger charge is -2.10. The first kappa shape index (κ1) is 13.4. The highest BCUT2D eigenvalue weighted by molar-refractivity contribution is 7.92. The first-order valence-electron chi connectivity index (χ1n) is 4.72. The minimum atomic E-state index is -3.13. The van der Waals surface area contributed by atoms with Crippen molar-refractivity contribution < 1.29 is 17.9 Å². The Morgan fingerprint density at radius 2 is 2.00 bits per heavy atom. The van der Waals surface area contributed by atoms with Crippen LogP contribution in [0.5, 0.6) is 0 Å². The lowest BCUT2D eigenvalue weighted by molar-refractivity contribution is -0.140. The number of methoxy groups -OCH3 is 1. The zero-order valence-corrected chi connectivity index (χ0v) is 9.76. The van der Waals surface area contributed by atoms with Gasteiger partial charge in [0.25, 0.3) is 0 Å². The van der Waals surface area contributed by atoms with Gasteiger partial charge in [0.05, 0.1) is 24.5 Å². The van der Waals surface area contributed by atoms with E-state index >= 15 is 0 Å². The van der Waals surface area contributed by atoms with Crippen LogP contribution in [0.1, 0.15) is 33.1 Å². The predicted octanol–water partition coefficient (Wildman–Crippen LogP) is 1.15. The number of hydrogen-bond acceptors (Lipinski definition) is 4. The lowest BCUT2D eigenvalue weighted by Crippen LogP contribution is -2.24. The van der Waals surface area contributed by atoms with E-state index < -0.39 is 21.1 Å². The Labute approximate surface area is 85.6 Å². The van der Waals surface area contributed by atoms with E-state index in [0.29, 0.717) is 6.42 Å². The van der Waals surface area contributed by atoms with Crippen molar-refractivity contribution in [1.82, 2.24) is 0 Å². The van der Waals surface area contributed by atoms with Crippen LogP contribution in [0, 0.1) is 0 Å². The molecule has 4 nitrogen and oxygen atoms in total. The molecule has 0 heterocycles. The van der Waals surface area contributed by atoms with Crippen LogP contribution in [0.3, 0.4) is 0 Å². The highest BCUT2D eigenvalue weighted by Gasteiger charge is 2.23. The number of sulfone groups is 1. The van der Waals surface area contributed by atoms with E-state index in [1.54, 1.807) is 6.92 Å². The summed E-state index contributed by atoms with van der Waals surface area (Å²) >= 11 is 0. The number of carbonyl (C=O) groups is 1. The maximum atomic E-state index is 11.5. The van der Waals surface area contributed by atoms with E-state index in [-0.39, 0.29) is 12.2 Å². The number of esters is 1. The summed E-state index contributed by atoms with van der Waals surface area (Å²) in [6.45, 7) is 3.47. The Morgan fingerprint density at radius 3 is 2.43 bits per heavy atom. The fourth-order valence-electron chi connectivity index (χ4n) is 0.992. The fraction of sp³-hybridized carbons (Fsp3) is 0.889. The molecule has 0 aliphatic heterocycles. The molecule has 0 aliphatic carbocycles. The summed E-state index contributed by atoms with van der Waals surface area (Å²) in [5.41, 5.74) is 0. The van der Waals surface area contributed by atoms with Crippen molar-refractivity contribution in [1.29, 1.82) is 0 Å². The van der Waals surface area contributed by atoms with Crippen LogP contribution < -0.4 is 0 Å². The molecule has 5 heteroatoms. The standard InChI is InChI=1S/C9H18O4S/c1-4-5-6-14(11,12)8(2)7-9(10)13-3/h8H,4-7H2,1-3H3. The Kier molecular flexibility index (Phi) is 5.76. The SMILES string of the molecule is CCCCS(=O)(=O)C(C)CC(=O)OC. The first-order chi connectivity index (χ1) is 6.44. The molecule has 0 saturated carbocycles. The average molecular weight is 222 g/mol. The second-order valence-corrected chi connectivity index (χ2v) is 5.85. The normalized spacial score (nSPS) is 13.6. The van der Waals surface area contributed by atoms with E-state index in [0.717, 1.165) is 6.42 Å². The van der Waals surface area contributed by atoms with Crippen molar-refractivity contribution in [3.05, 3.63) is 0 Å². The molecular weight excluding hydrogens is 204 g/mol. The summed E-state index contributed by atoms with van der Waals surface area (Å²) in [5, 5.41) is -0.638. The second kappa shape index (κ2) is 6.01. The minimum absolute atomic E-state index is 0.0530. The molecule has 0 aromatic rings. The zero-order valence-electron chi connectivity index (χ0n) is 8.95. The Hall–Kier alpha value is -0.580. The zero-order chi connectivity index (χ0) is 11.2. The van der Waals surface area contributed by atoms with Crippen molar-refractivity contribution in [2.75, 3.05) is 12.9 Å². The molecule has 0 bridgehead atoms. The predicted molar refractivity (Wildman–Crippen MR) is 54.8 cm³/mol. The van der Waals surface area contributed by atoms with E-state index in [1.807, 2.05) is 6.92 Å². The Bertz CT molecular complexity index is 269. The van der Waals surface area contributed by atoms with Crippen molar-refractivity contribution in [2.45, 2.75) is 38.4 Å². The minimum Gasteiger partial charge on any atom is -0.469 e. The summed E-state index contributed by atoms with van der Waals surface area (Å²) in [4.78, 5) is 10.9. The molecule has 14 heavy (non-hydrogen) atoms. The molecular formula is C9H18O4S. The second-order valence-electron chi connectivity index (χ2n) is 3.31. The number of carbonyl (C=O) groups excluding carboxylic acids is 1. The molecule has 1 unspecified atom stereocenters. The van der Waals surface area contributed by atoms with Crippen molar-refractivity contribution in [2.24, 2.45) is 0 Å². The van der Waals surface area contributed by atoms with Gasteiger partial charge in [-0.25, -0.2) is 8.42 Å². The van der Waals surface area contributed by atoms with Gasteiger partial charge in [0.15, 0.2) is 9.84 Å². The van der Waals surface area contributed by atoms with Crippen LogP contribution >= 0.6 is 0 Å². The van der Waals surface area contributed by atoms with E-state index in [2.05, 4.69) is 4.74 Å². The van der Waals surface area contributed by atoms with Gasteiger partial charge in [0, 0.05) is 0 Å². The smallest absolute Gasteiger partial charge is 0.306 e. The highest BCUT2D eigenvalue weighted by Crippen LogP contribution is 2.09. The van der Waals surface area contributed by atoms with Gasteiger partial charge in [0.2, 0.25) is 0 Å². The van der Waals surface area contributed by atoms with Gasteiger partial charge in [-0.05, 0) is 13.3 Å². The van der Waals surface area contributed by atoms with Crippen LogP contribution in [0.2, 0.25) is 0 Å². The summed E-state index contributed by atoms with van der Waals surface area (Å²) in [7, 11) is -1.87. The van der Waals surface area contributed by atoms with E-state index in [9.17, 15) is 13.2 Å². The Balaban J connectivity index is 4.21. The van der Waals surface area contributed by atoms with Gasteiger partial charge in [-0.2, -0.15) is 0 Å². The monoisotopic (exact) mass is 222 g/mol. The van der Waals surface area contributed by atoms with Gasteiger partial charge >= 0.3 is 5.97 Å². The number of ether oxygens (including phenoxy) is 1. The fourth-order valence-corrected chi connectivity index (χ4v) is 2.48. The third kappa shape index (κ3) is 4.60. The molecule has 0 radical (unpaired) electrons. The van der Waals surface area contributed by atoms with Gasteiger partial charge < -0.3 is 4.74 Å². The van der Waals surface area contributed by atoms with Crippen molar-refractivity contribution in [3.8, 4) is 0 Å². The molecule has 0 N–H and O–H groups in total. The summed E-state index contributed by atoms with van der Waals surface area (Å²) < 4.78 is 27.5. The largest absolute Gasteiger partial charge is 0.469 e. The third-order valence-corrected chi connectivity index (χ3v) is 4.33. The molecule has 0 rings (SSSR count). The first-order valence-corrected chi connectivity index (χ1v) is 6.44. The van der Waals surface area contributed by atoms with E-state index in [1.165, 1.54) is 7.11 Å². The maximum Gasteiger partial charge on any atom is 0.306 e. The number of rotatable bonds is 6. The van der Waals surface area contributed by atoms with Gasteiger partial charge in [-0.3, -0.25) is 4.79 Å². The van der Waals surface area contributed by atoms with Crippen LogP contribution in [0.4, 0.5) is 0 Å². The summed E-state index contributed by atoms with van der Waals surface area (Å²) in [6, 6.07) is 0. The van der Waals surface area contributed by atoms with Crippen molar-refractivity contribution in [3.63, 3.8) is 0 Å². The maximum absolute atomic E-state index is 11.5. The quantitative estimate of drug-likeness (QED) is 0.633. The summed E-state index contributed by atoms with van der Waals surface area (Å²) in [6.07, 6.45) is 1.43. The van der Waals surface area contributed by atoms with Crippen LogP contribution in [-0.4, -0.2) is 32.5 Å². The molecule has 1 atom stereocenters. The molecule has 0 aromatic heterocycles. The summed E-state index contributed by atoms with van der Waals surface area (Å²) in [5.74, 6) is -0.320. The average Bonchev–Trinajstić information content (AvgIpc) is 2.14. The van der Waals surface area contributed by atoms with Gasteiger partial charge in [0.1, 0.15) is 0 Å². The molecule has 0 amide bonds. The van der Waals surface area contributed by atoms with Crippen molar-refractivity contribution >= 4 is 15.8 Å². The third-order valence-electron chi connectivity index (χ3n) is 2.08. The molecule has 0 aliphatic rings. The molecule has 0 spiro atoms. The number of unbranched alkanes of at least 4 members (excludes halogenated alkanes) is 1. The molecule has 0 fully saturated rings. The molecule has 84 valence electrons. The van der Waals surface area contributed by atoms with E-state index in [4.69, 9.17) is 0 Å².